The van der Waals surface area contributed by atoms with Crippen molar-refractivity contribution in [2.24, 2.45) is 5.73 Å². The summed E-state index contributed by atoms with van der Waals surface area (Å²) in [4.78, 5) is 0. The van der Waals surface area contributed by atoms with Gasteiger partial charge in [0.25, 0.3) is 0 Å². The highest BCUT2D eigenvalue weighted by molar-refractivity contribution is 6.30. The van der Waals surface area contributed by atoms with E-state index in [9.17, 15) is 0 Å². The van der Waals surface area contributed by atoms with Crippen molar-refractivity contribution in [3.63, 3.8) is 0 Å². The topological polar surface area (TPSA) is 44.5 Å². The molecule has 0 aromatic heterocycles. The molecule has 21 heavy (non-hydrogen) atoms. The first kappa shape index (κ1) is 14.2. The monoisotopic (exact) mass is 303 g/mol. The fourth-order valence-corrected chi connectivity index (χ4v) is 2.77. The van der Waals surface area contributed by atoms with Gasteiger partial charge in [0.2, 0.25) is 0 Å². The molecule has 0 bridgehead atoms. The van der Waals surface area contributed by atoms with E-state index in [0.29, 0.717) is 24.1 Å². The van der Waals surface area contributed by atoms with Gasteiger partial charge in [0.1, 0.15) is 11.5 Å². The van der Waals surface area contributed by atoms with Gasteiger partial charge in [0.05, 0.1) is 13.2 Å². The molecule has 1 aliphatic heterocycles. The van der Waals surface area contributed by atoms with Gasteiger partial charge in [-0.2, -0.15) is 0 Å². The summed E-state index contributed by atoms with van der Waals surface area (Å²) in [5, 5.41) is 0.662. The fourth-order valence-electron chi connectivity index (χ4n) is 2.61. The number of ether oxygens (including phenoxy) is 2. The van der Waals surface area contributed by atoms with Crippen molar-refractivity contribution in [2.75, 3.05) is 13.2 Å². The Kier molecular flexibility index (Phi) is 4.32. The van der Waals surface area contributed by atoms with Crippen molar-refractivity contribution in [1.29, 1.82) is 0 Å². The van der Waals surface area contributed by atoms with Gasteiger partial charge < -0.3 is 15.2 Å². The average molecular weight is 304 g/mol. The van der Waals surface area contributed by atoms with Crippen LogP contribution < -0.4 is 15.2 Å². The number of benzene rings is 2. The molecule has 0 radical (unpaired) electrons. The predicted octanol–water partition coefficient (Wildman–Crippen LogP) is 3.74. The first-order valence-corrected chi connectivity index (χ1v) is 7.48. The number of rotatable bonds is 4. The third kappa shape index (κ3) is 3.14. The molecule has 110 valence electrons. The molecule has 2 aromatic carbocycles. The van der Waals surface area contributed by atoms with Crippen molar-refractivity contribution in [3.05, 3.63) is 58.6 Å². The zero-order valence-corrected chi connectivity index (χ0v) is 12.5. The van der Waals surface area contributed by atoms with E-state index >= 15 is 0 Å². The van der Waals surface area contributed by atoms with E-state index in [4.69, 9.17) is 26.8 Å². The zero-order chi connectivity index (χ0) is 14.7. The Morgan fingerprint density at radius 2 is 2.10 bits per heavy atom. The Labute approximate surface area is 129 Å². The van der Waals surface area contributed by atoms with E-state index in [1.54, 1.807) is 0 Å². The van der Waals surface area contributed by atoms with Crippen LogP contribution in [0.3, 0.4) is 0 Å². The van der Waals surface area contributed by atoms with Gasteiger partial charge >= 0.3 is 0 Å². The molecule has 1 aliphatic rings. The minimum Gasteiger partial charge on any atom is -0.493 e. The highest BCUT2D eigenvalue weighted by atomic mass is 35.5. The van der Waals surface area contributed by atoms with Crippen LogP contribution in [-0.4, -0.2) is 13.2 Å². The average Bonchev–Trinajstić information content (AvgIpc) is 2.53. The van der Waals surface area contributed by atoms with E-state index in [0.717, 1.165) is 30.1 Å². The largest absolute Gasteiger partial charge is 0.493 e. The van der Waals surface area contributed by atoms with Gasteiger partial charge in [-0.15, -0.1) is 0 Å². The van der Waals surface area contributed by atoms with Crippen LogP contribution in [0.5, 0.6) is 11.5 Å². The van der Waals surface area contributed by atoms with Crippen LogP contribution in [0.25, 0.3) is 0 Å². The second kappa shape index (κ2) is 6.37. The van der Waals surface area contributed by atoms with Crippen molar-refractivity contribution in [1.82, 2.24) is 0 Å². The summed E-state index contributed by atoms with van der Waals surface area (Å²) in [6.07, 6.45) is 0.954. The van der Waals surface area contributed by atoms with Crippen LogP contribution >= 0.6 is 11.6 Å². The van der Waals surface area contributed by atoms with Gasteiger partial charge in [0, 0.05) is 28.6 Å². The van der Waals surface area contributed by atoms with Gasteiger partial charge in [-0.05, 0) is 24.6 Å². The maximum atomic E-state index is 6.04. The number of halogens is 1. The highest BCUT2D eigenvalue weighted by Gasteiger charge is 2.21. The van der Waals surface area contributed by atoms with Gasteiger partial charge in [-0.3, -0.25) is 0 Å². The summed E-state index contributed by atoms with van der Waals surface area (Å²) in [6.45, 7) is 1.77. The van der Waals surface area contributed by atoms with E-state index in [2.05, 4.69) is 6.07 Å². The lowest BCUT2D eigenvalue weighted by molar-refractivity contribution is 0.216. The van der Waals surface area contributed by atoms with Crippen LogP contribution in [0.2, 0.25) is 5.02 Å². The van der Waals surface area contributed by atoms with E-state index in [1.807, 2.05) is 36.4 Å². The lowest BCUT2D eigenvalue weighted by Gasteiger charge is -2.26. The Hall–Kier alpha value is -1.71. The number of nitrogens with two attached hydrogens (primary N) is 1. The van der Waals surface area contributed by atoms with Gasteiger partial charge in [-0.1, -0.05) is 35.9 Å². The second-order valence-electron chi connectivity index (χ2n) is 5.14. The van der Waals surface area contributed by atoms with E-state index in [1.165, 1.54) is 5.56 Å². The SMILES string of the molecule is NCc1ccc(Cl)cc1OCC1CCOc2ccccc21. The Morgan fingerprint density at radius 3 is 2.95 bits per heavy atom. The molecule has 0 aliphatic carbocycles. The Balaban J connectivity index is 1.76. The molecular weight excluding hydrogens is 286 g/mol. The van der Waals surface area contributed by atoms with Crippen molar-refractivity contribution >= 4 is 11.6 Å². The van der Waals surface area contributed by atoms with Crippen LogP contribution in [-0.2, 0) is 6.54 Å². The molecule has 3 nitrogen and oxygen atoms in total. The minimum absolute atomic E-state index is 0.333. The molecule has 2 aromatic rings. The number of fused-ring (bicyclic) bond motifs is 1. The highest BCUT2D eigenvalue weighted by Crippen LogP contribution is 2.34. The maximum Gasteiger partial charge on any atom is 0.125 e. The molecule has 3 rings (SSSR count). The molecular formula is C17H18ClNO2. The molecule has 1 heterocycles. The van der Waals surface area contributed by atoms with E-state index < -0.39 is 0 Å². The summed E-state index contributed by atoms with van der Waals surface area (Å²) in [5.74, 6) is 2.07. The molecule has 1 unspecified atom stereocenters. The predicted molar refractivity (Wildman–Crippen MR) is 84.1 cm³/mol. The lowest BCUT2D eigenvalue weighted by Crippen LogP contribution is -2.20. The smallest absolute Gasteiger partial charge is 0.125 e. The number of hydrogen-bond donors (Lipinski definition) is 1. The molecule has 0 spiro atoms. The van der Waals surface area contributed by atoms with Crippen molar-refractivity contribution in [3.8, 4) is 11.5 Å². The quantitative estimate of drug-likeness (QED) is 0.935. The van der Waals surface area contributed by atoms with Crippen LogP contribution in [0.1, 0.15) is 23.5 Å². The lowest BCUT2D eigenvalue weighted by atomic mass is 9.94. The standard InChI is InChI=1S/C17H18ClNO2/c18-14-6-5-12(10-19)17(9-14)21-11-13-7-8-20-16-4-2-1-3-15(13)16/h1-6,9,13H,7-8,10-11,19H2. The summed E-state index contributed by atoms with van der Waals surface area (Å²) < 4.78 is 11.7. The zero-order valence-electron chi connectivity index (χ0n) is 11.7. The third-order valence-electron chi connectivity index (χ3n) is 3.77. The normalized spacial score (nSPS) is 17.0. The molecule has 0 amide bonds. The summed E-state index contributed by atoms with van der Waals surface area (Å²) >= 11 is 6.04. The van der Waals surface area contributed by atoms with Gasteiger partial charge in [-0.25, -0.2) is 0 Å². The van der Waals surface area contributed by atoms with Crippen LogP contribution in [0, 0.1) is 0 Å². The third-order valence-corrected chi connectivity index (χ3v) is 4.01. The summed E-state index contributed by atoms with van der Waals surface area (Å²) in [6, 6.07) is 13.7. The van der Waals surface area contributed by atoms with Crippen molar-refractivity contribution in [2.45, 2.75) is 18.9 Å². The Morgan fingerprint density at radius 1 is 1.24 bits per heavy atom. The molecule has 4 heteroatoms. The molecule has 0 saturated carbocycles. The first-order chi connectivity index (χ1) is 10.3. The van der Waals surface area contributed by atoms with Crippen LogP contribution in [0.15, 0.2) is 42.5 Å². The number of hydrogen-bond acceptors (Lipinski definition) is 3. The molecule has 0 saturated heterocycles. The first-order valence-electron chi connectivity index (χ1n) is 7.11. The molecule has 1 atom stereocenters. The maximum absolute atomic E-state index is 6.04. The summed E-state index contributed by atoms with van der Waals surface area (Å²) in [7, 11) is 0. The Bertz CT molecular complexity index is 630. The van der Waals surface area contributed by atoms with Gasteiger partial charge in [0.15, 0.2) is 0 Å². The van der Waals surface area contributed by atoms with E-state index in [-0.39, 0.29) is 0 Å². The minimum atomic E-state index is 0.333. The second-order valence-corrected chi connectivity index (χ2v) is 5.58. The fraction of sp³-hybridized carbons (Fsp3) is 0.294. The summed E-state index contributed by atoms with van der Waals surface area (Å²) in [5.41, 5.74) is 7.92. The van der Waals surface area contributed by atoms with Crippen molar-refractivity contribution < 1.29 is 9.47 Å². The molecule has 0 fully saturated rings. The molecule has 2 N–H and O–H groups in total. The van der Waals surface area contributed by atoms with Crippen LogP contribution in [0.4, 0.5) is 0 Å². The number of para-hydroxylation sites is 1.